The molecule has 0 aliphatic carbocycles. The number of benzene rings is 1. The minimum Gasteiger partial charge on any atom is -0.490 e. The zero-order valence-electron chi connectivity index (χ0n) is 8.50. The zero-order valence-corrected chi connectivity index (χ0v) is 11.6. The number of nitro benzene ring substituents is 1. The second-order valence-corrected chi connectivity index (χ2v) is 4.26. The van der Waals surface area contributed by atoms with Gasteiger partial charge in [-0.3, -0.25) is 14.9 Å². The van der Waals surface area contributed by atoms with E-state index in [9.17, 15) is 14.9 Å². The molecule has 1 aromatic rings. The number of methoxy groups -OCH3 is 1. The topological polar surface area (TPSA) is 69.4 Å². The number of Topliss-reactive ketones (excluding diaryl/α,β-unsaturated/α-hetero) is 1. The molecule has 1 rings (SSSR count). The predicted molar refractivity (Wildman–Crippen MR) is 67.8 cm³/mol. The molecular formula is C9H6BrCl2NO4. The Kier molecular flexibility index (Phi) is 4.73. The van der Waals surface area contributed by atoms with Crippen LogP contribution in [0.2, 0.25) is 10.0 Å². The van der Waals surface area contributed by atoms with Crippen LogP contribution in [0, 0.1) is 10.1 Å². The largest absolute Gasteiger partial charge is 0.490 e. The number of nitrogens with zero attached hydrogens (tertiary/aromatic N) is 1. The van der Waals surface area contributed by atoms with Gasteiger partial charge in [-0.25, -0.2) is 0 Å². The molecule has 8 heteroatoms. The summed E-state index contributed by atoms with van der Waals surface area (Å²) in [6, 6.07) is 1.25. The van der Waals surface area contributed by atoms with Crippen LogP contribution in [0.5, 0.6) is 5.75 Å². The van der Waals surface area contributed by atoms with Crippen LogP contribution < -0.4 is 4.74 Å². The van der Waals surface area contributed by atoms with Crippen LogP contribution >= 0.6 is 39.1 Å². The van der Waals surface area contributed by atoms with Crippen molar-refractivity contribution in [1.82, 2.24) is 0 Å². The molecule has 17 heavy (non-hydrogen) atoms. The lowest BCUT2D eigenvalue weighted by atomic mass is 10.1. The van der Waals surface area contributed by atoms with E-state index in [1.807, 2.05) is 0 Å². The number of hydrogen-bond donors (Lipinski definition) is 0. The highest BCUT2D eigenvalue weighted by molar-refractivity contribution is 9.09. The van der Waals surface area contributed by atoms with Gasteiger partial charge < -0.3 is 4.74 Å². The maximum atomic E-state index is 11.6. The van der Waals surface area contributed by atoms with Gasteiger partial charge in [0.1, 0.15) is 5.02 Å². The van der Waals surface area contributed by atoms with E-state index in [4.69, 9.17) is 27.9 Å². The van der Waals surface area contributed by atoms with Gasteiger partial charge in [0, 0.05) is 0 Å². The number of ketones is 1. The van der Waals surface area contributed by atoms with Gasteiger partial charge in [-0.2, -0.15) is 0 Å². The van der Waals surface area contributed by atoms with Crippen molar-refractivity contribution in [3.8, 4) is 5.75 Å². The number of hydrogen-bond acceptors (Lipinski definition) is 4. The molecule has 0 heterocycles. The second-order valence-electron chi connectivity index (χ2n) is 2.92. The van der Waals surface area contributed by atoms with Crippen LogP contribution in [-0.4, -0.2) is 23.1 Å². The van der Waals surface area contributed by atoms with E-state index >= 15 is 0 Å². The quantitative estimate of drug-likeness (QED) is 0.363. The Morgan fingerprint density at radius 2 is 2.18 bits per heavy atom. The van der Waals surface area contributed by atoms with E-state index in [0.29, 0.717) is 0 Å². The fraction of sp³-hybridized carbons (Fsp3) is 0.222. The number of carbonyl (C=O) groups is 1. The normalized spacial score (nSPS) is 10.1. The Morgan fingerprint density at radius 3 is 2.59 bits per heavy atom. The summed E-state index contributed by atoms with van der Waals surface area (Å²) in [6.45, 7) is 0. The first-order valence-corrected chi connectivity index (χ1v) is 6.11. The number of carbonyl (C=O) groups excluding carboxylic acids is 1. The average Bonchev–Trinajstić information content (AvgIpc) is 2.30. The van der Waals surface area contributed by atoms with Crippen LogP contribution in [0.15, 0.2) is 6.07 Å². The smallest absolute Gasteiger partial charge is 0.331 e. The molecule has 0 aromatic heterocycles. The van der Waals surface area contributed by atoms with Gasteiger partial charge in [0.25, 0.3) is 0 Å². The first-order valence-electron chi connectivity index (χ1n) is 4.23. The summed E-state index contributed by atoms with van der Waals surface area (Å²) < 4.78 is 4.87. The lowest BCUT2D eigenvalue weighted by Crippen LogP contribution is -2.06. The molecule has 0 bridgehead atoms. The molecule has 0 aliphatic heterocycles. The zero-order chi connectivity index (χ0) is 13.2. The third-order valence-corrected chi connectivity index (χ3v) is 3.24. The number of rotatable bonds is 4. The van der Waals surface area contributed by atoms with Crippen LogP contribution in [0.25, 0.3) is 0 Å². The Balaban J connectivity index is 3.63. The fourth-order valence-corrected chi connectivity index (χ4v) is 1.95. The maximum absolute atomic E-state index is 11.6. The SMILES string of the molecule is COc1c(C(=O)CBr)cc(Cl)c(Cl)c1[N+](=O)[O-]. The van der Waals surface area contributed by atoms with Gasteiger partial charge in [0.05, 0.1) is 27.9 Å². The lowest BCUT2D eigenvalue weighted by molar-refractivity contribution is -0.385. The molecule has 0 saturated carbocycles. The predicted octanol–water partition coefficient (Wildman–Crippen LogP) is 3.49. The van der Waals surface area contributed by atoms with Crippen molar-refractivity contribution >= 4 is 50.6 Å². The van der Waals surface area contributed by atoms with Gasteiger partial charge in [0.2, 0.25) is 5.75 Å². The first kappa shape index (κ1) is 14.2. The van der Waals surface area contributed by atoms with Gasteiger partial charge in [-0.05, 0) is 6.07 Å². The first-order chi connectivity index (χ1) is 7.93. The highest BCUT2D eigenvalue weighted by Gasteiger charge is 2.28. The maximum Gasteiger partial charge on any atom is 0.331 e. The summed E-state index contributed by atoms with van der Waals surface area (Å²) in [5, 5.41) is 10.6. The molecule has 0 N–H and O–H groups in total. The number of alkyl halides is 1. The molecule has 1 aromatic carbocycles. The summed E-state index contributed by atoms with van der Waals surface area (Å²) in [5.41, 5.74) is -0.489. The van der Waals surface area contributed by atoms with Crippen LogP contribution in [0.1, 0.15) is 10.4 Å². The third-order valence-electron chi connectivity index (χ3n) is 1.96. The van der Waals surface area contributed by atoms with Gasteiger partial charge in [-0.1, -0.05) is 39.1 Å². The highest BCUT2D eigenvalue weighted by atomic mass is 79.9. The molecule has 0 spiro atoms. The second kappa shape index (κ2) is 5.66. The Labute approximate surface area is 115 Å². The monoisotopic (exact) mass is 341 g/mol. The van der Waals surface area contributed by atoms with E-state index in [0.717, 1.165) is 0 Å². The Morgan fingerprint density at radius 1 is 1.59 bits per heavy atom. The van der Waals surface area contributed by atoms with E-state index in [1.165, 1.54) is 13.2 Å². The fourth-order valence-electron chi connectivity index (χ4n) is 1.24. The van der Waals surface area contributed by atoms with Crippen LogP contribution in [-0.2, 0) is 0 Å². The summed E-state index contributed by atoms with van der Waals surface area (Å²) in [7, 11) is 1.22. The van der Waals surface area contributed by atoms with Crippen molar-refractivity contribution < 1.29 is 14.5 Å². The van der Waals surface area contributed by atoms with Crippen LogP contribution in [0.4, 0.5) is 5.69 Å². The van der Waals surface area contributed by atoms with Gasteiger partial charge in [0.15, 0.2) is 5.78 Å². The Hall–Kier alpha value is -0.850. The van der Waals surface area contributed by atoms with Crippen molar-refractivity contribution in [2.75, 3.05) is 12.4 Å². The van der Waals surface area contributed by atoms with Crippen molar-refractivity contribution in [1.29, 1.82) is 0 Å². The number of nitro groups is 1. The third kappa shape index (κ3) is 2.70. The molecule has 0 saturated heterocycles. The molecule has 0 atom stereocenters. The Bertz CT molecular complexity index is 492. The molecule has 5 nitrogen and oxygen atoms in total. The molecule has 92 valence electrons. The van der Waals surface area contributed by atoms with Gasteiger partial charge in [-0.15, -0.1) is 0 Å². The summed E-state index contributed by atoms with van der Waals surface area (Å²) >= 11 is 14.4. The minimum absolute atomic E-state index is 0.00151. The van der Waals surface area contributed by atoms with Crippen LogP contribution in [0.3, 0.4) is 0 Å². The molecule has 0 fully saturated rings. The average molecular weight is 343 g/mol. The van der Waals surface area contributed by atoms with E-state index in [-0.39, 0.29) is 32.5 Å². The molecule has 0 aliphatic rings. The summed E-state index contributed by atoms with van der Waals surface area (Å²) in [6.07, 6.45) is 0. The summed E-state index contributed by atoms with van der Waals surface area (Å²) in [4.78, 5) is 21.7. The molecule has 0 unspecified atom stereocenters. The van der Waals surface area contributed by atoms with E-state index < -0.39 is 10.6 Å². The van der Waals surface area contributed by atoms with Crippen molar-refractivity contribution in [3.63, 3.8) is 0 Å². The molecule has 0 radical (unpaired) electrons. The van der Waals surface area contributed by atoms with Gasteiger partial charge >= 0.3 is 5.69 Å². The lowest BCUT2D eigenvalue weighted by Gasteiger charge is -2.09. The van der Waals surface area contributed by atoms with E-state index in [2.05, 4.69) is 15.9 Å². The molecule has 0 amide bonds. The number of ether oxygens (including phenoxy) is 1. The standard InChI is InChI=1S/C9H6BrCl2NO4/c1-17-9-4(6(14)3-10)2-5(11)7(12)8(9)13(15)16/h2H,3H2,1H3. The van der Waals surface area contributed by atoms with Crippen molar-refractivity contribution in [2.45, 2.75) is 0 Å². The summed E-state index contributed by atoms with van der Waals surface area (Å²) in [5.74, 6) is -0.572. The minimum atomic E-state index is -0.738. The van der Waals surface area contributed by atoms with Crippen molar-refractivity contribution in [3.05, 3.63) is 31.8 Å². The van der Waals surface area contributed by atoms with E-state index in [1.54, 1.807) is 0 Å². The molecular weight excluding hydrogens is 337 g/mol. The van der Waals surface area contributed by atoms with Crippen molar-refractivity contribution in [2.24, 2.45) is 0 Å². The number of halogens is 3. The highest BCUT2D eigenvalue weighted by Crippen LogP contribution is 2.42.